The Morgan fingerprint density at radius 1 is 1.54 bits per heavy atom. The number of halogens is 1. The minimum absolute atomic E-state index is 0. The van der Waals surface area contributed by atoms with E-state index >= 15 is 0 Å². The molecular formula is C10H14ClNO. The molecule has 0 aromatic heterocycles. The van der Waals surface area contributed by atoms with Crippen molar-refractivity contribution in [1.29, 1.82) is 0 Å². The first kappa shape index (κ1) is 12.0. The summed E-state index contributed by atoms with van der Waals surface area (Å²) < 4.78 is 0. The molecule has 0 fully saturated rings. The molecule has 1 aromatic carbocycles. The van der Waals surface area contributed by atoms with E-state index in [4.69, 9.17) is 10.8 Å². The van der Waals surface area contributed by atoms with Crippen molar-refractivity contribution < 1.29 is 5.11 Å². The smallest absolute Gasteiger partial charge is 0.115 e. The molecule has 3 N–H and O–H groups in total. The lowest BCUT2D eigenvalue weighted by Crippen LogP contribution is -2.08. The van der Waals surface area contributed by atoms with Crippen LogP contribution in [0.1, 0.15) is 18.0 Å². The molecule has 0 saturated carbocycles. The van der Waals surface area contributed by atoms with Gasteiger partial charge in [0.15, 0.2) is 0 Å². The van der Waals surface area contributed by atoms with E-state index in [2.05, 4.69) is 6.58 Å². The second-order valence-corrected chi connectivity index (χ2v) is 2.73. The minimum atomic E-state index is -0.0606. The molecule has 0 bridgehead atoms. The molecule has 0 aliphatic heterocycles. The molecule has 0 unspecified atom stereocenters. The van der Waals surface area contributed by atoms with Gasteiger partial charge in [-0.05, 0) is 24.1 Å². The molecule has 2 nitrogen and oxygen atoms in total. The van der Waals surface area contributed by atoms with E-state index in [1.54, 1.807) is 24.3 Å². The Kier molecular flexibility index (Phi) is 5.19. The molecule has 72 valence electrons. The van der Waals surface area contributed by atoms with Crippen molar-refractivity contribution in [2.24, 2.45) is 5.73 Å². The predicted octanol–water partition coefficient (Wildman–Crippen LogP) is 2.39. The van der Waals surface area contributed by atoms with E-state index in [9.17, 15) is 0 Å². The van der Waals surface area contributed by atoms with Crippen molar-refractivity contribution in [1.82, 2.24) is 0 Å². The second-order valence-electron chi connectivity index (χ2n) is 2.73. The summed E-state index contributed by atoms with van der Waals surface area (Å²) in [6.45, 7) is 3.61. The number of hydrogen-bond donors (Lipinski definition) is 2. The lowest BCUT2D eigenvalue weighted by Gasteiger charge is -2.08. The summed E-state index contributed by atoms with van der Waals surface area (Å²) in [5, 5.41) is 9.15. The van der Waals surface area contributed by atoms with Gasteiger partial charge in [0.05, 0.1) is 0 Å². The quantitative estimate of drug-likeness (QED) is 0.735. The zero-order valence-corrected chi connectivity index (χ0v) is 8.13. The monoisotopic (exact) mass is 199 g/mol. The van der Waals surface area contributed by atoms with Gasteiger partial charge in [-0.25, -0.2) is 0 Å². The van der Waals surface area contributed by atoms with Crippen LogP contribution in [0.4, 0.5) is 0 Å². The van der Waals surface area contributed by atoms with E-state index in [1.807, 2.05) is 6.07 Å². The Morgan fingerprint density at radius 3 is 2.77 bits per heavy atom. The number of hydrogen-bond acceptors (Lipinski definition) is 2. The Bertz CT molecular complexity index is 275. The zero-order chi connectivity index (χ0) is 8.97. The Morgan fingerprint density at radius 2 is 2.23 bits per heavy atom. The van der Waals surface area contributed by atoms with Crippen molar-refractivity contribution in [2.45, 2.75) is 12.5 Å². The Balaban J connectivity index is 0.00000144. The van der Waals surface area contributed by atoms with Crippen LogP contribution in [0.25, 0.3) is 0 Å². The van der Waals surface area contributed by atoms with Crippen LogP contribution in [-0.4, -0.2) is 5.11 Å². The van der Waals surface area contributed by atoms with Crippen LogP contribution in [0, 0.1) is 0 Å². The number of phenolic OH excluding ortho intramolecular Hbond substituents is 1. The summed E-state index contributed by atoms with van der Waals surface area (Å²) in [6.07, 6.45) is 2.50. The largest absolute Gasteiger partial charge is 0.508 e. The molecule has 0 radical (unpaired) electrons. The lowest BCUT2D eigenvalue weighted by molar-refractivity contribution is 0.473. The molecule has 0 amide bonds. The molecule has 0 saturated heterocycles. The highest BCUT2D eigenvalue weighted by atomic mass is 35.5. The molecule has 1 aromatic rings. The van der Waals surface area contributed by atoms with Crippen molar-refractivity contribution in [3.05, 3.63) is 42.5 Å². The van der Waals surface area contributed by atoms with Gasteiger partial charge in [-0.1, -0.05) is 18.2 Å². The molecule has 0 aliphatic carbocycles. The average molecular weight is 200 g/mol. The normalized spacial score (nSPS) is 11.5. The summed E-state index contributed by atoms with van der Waals surface area (Å²) in [7, 11) is 0. The van der Waals surface area contributed by atoms with E-state index in [-0.39, 0.29) is 24.2 Å². The Hall–Kier alpha value is -0.990. The predicted molar refractivity (Wildman–Crippen MR) is 57.1 cm³/mol. The molecule has 0 heterocycles. The lowest BCUT2D eigenvalue weighted by atomic mass is 10.0. The number of phenols is 1. The summed E-state index contributed by atoms with van der Waals surface area (Å²) in [5.41, 5.74) is 6.73. The van der Waals surface area contributed by atoms with Gasteiger partial charge in [0.25, 0.3) is 0 Å². The first-order valence-corrected chi connectivity index (χ1v) is 3.89. The summed E-state index contributed by atoms with van der Waals surface area (Å²) in [6, 6.07) is 6.93. The van der Waals surface area contributed by atoms with Crippen LogP contribution in [0.3, 0.4) is 0 Å². The standard InChI is InChI=1S/C10H13NO.ClH/c1-2-4-10(11)8-5-3-6-9(12)7-8;/h2-3,5-7,10,12H,1,4,11H2;1H/t10-;/m1./s1. The second kappa shape index (κ2) is 5.62. The van der Waals surface area contributed by atoms with Crippen LogP contribution in [0.15, 0.2) is 36.9 Å². The molecule has 13 heavy (non-hydrogen) atoms. The summed E-state index contributed by atoms with van der Waals surface area (Å²) >= 11 is 0. The third-order valence-corrected chi connectivity index (χ3v) is 1.72. The van der Waals surface area contributed by atoms with E-state index in [0.29, 0.717) is 0 Å². The average Bonchev–Trinajstić information content (AvgIpc) is 2.05. The Labute approximate surface area is 84.5 Å². The summed E-state index contributed by atoms with van der Waals surface area (Å²) in [4.78, 5) is 0. The number of benzene rings is 1. The first-order valence-electron chi connectivity index (χ1n) is 3.89. The molecule has 1 rings (SSSR count). The fraction of sp³-hybridized carbons (Fsp3) is 0.200. The maximum Gasteiger partial charge on any atom is 0.115 e. The van der Waals surface area contributed by atoms with Gasteiger partial charge in [0, 0.05) is 6.04 Å². The third kappa shape index (κ3) is 3.49. The fourth-order valence-corrected chi connectivity index (χ4v) is 1.07. The van der Waals surface area contributed by atoms with E-state index in [0.717, 1.165) is 12.0 Å². The molecule has 3 heteroatoms. The highest BCUT2D eigenvalue weighted by Gasteiger charge is 2.03. The number of aromatic hydroxyl groups is 1. The first-order chi connectivity index (χ1) is 5.74. The summed E-state index contributed by atoms with van der Waals surface area (Å²) in [5.74, 6) is 0.256. The van der Waals surface area contributed by atoms with Crippen molar-refractivity contribution in [2.75, 3.05) is 0 Å². The van der Waals surface area contributed by atoms with Crippen molar-refractivity contribution in [3.63, 3.8) is 0 Å². The van der Waals surface area contributed by atoms with E-state index in [1.165, 1.54) is 0 Å². The van der Waals surface area contributed by atoms with Gasteiger partial charge in [0.2, 0.25) is 0 Å². The van der Waals surface area contributed by atoms with Gasteiger partial charge < -0.3 is 10.8 Å². The fourth-order valence-electron chi connectivity index (χ4n) is 1.07. The van der Waals surface area contributed by atoms with E-state index < -0.39 is 0 Å². The number of nitrogens with two attached hydrogens (primary N) is 1. The number of rotatable bonds is 3. The van der Waals surface area contributed by atoms with Crippen molar-refractivity contribution in [3.8, 4) is 5.75 Å². The van der Waals surface area contributed by atoms with Gasteiger partial charge in [-0.2, -0.15) is 0 Å². The van der Waals surface area contributed by atoms with Gasteiger partial charge in [-0.15, -0.1) is 19.0 Å². The van der Waals surface area contributed by atoms with Gasteiger partial charge in [0.1, 0.15) is 5.75 Å². The van der Waals surface area contributed by atoms with Crippen molar-refractivity contribution >= 4 is 12.4 Å². The topological polar surface area (TPSA) is 46.2 Å². The minimum Gasteiger partial charge on any atom is -0.508 e. The van der Waals surface area contributed by atoms with Crippen LogP contribution in [-0.2, 0) is 0 Å². The SMILES string of the molecule is C=CC[C@@H](N)c1cccc(O)c1.Cl. The van der Waals surface area contributed by atoms with Crippen LogP contribution in [0.5, 0.6) is 5.75 Å². The highest BCUT2D eigenvalue weighted by molar-refractivity contribution is 5.85. The maximum atomic E-state index is 9.15. The van der Waals surface area contributed by atoms with Crippen LogP contribution < -0.4 is 5.73 Å². The van der Waals surface area contributed by atoms with Gasteiger partial charge >= 0.3 is 0 Å². The molecule has 1 atom stereocenters. The van der Waals surface area contributed by atoms with Crippen LogP contribution in [0.2, 0.25) is 0 Å². The maximum absolute atomic E-state index is 9.15. The molecular weight excluding hydrogens is 186 g/mol. The third-order valence-electron chi connectivity index (χ3n) is 1.72. The molecule has 0 aliphatic rings. The zero-order valence-electron chi connectivity index (χ0n) is 7.31. The van der Waals surface area contributed by atoms with Crippen LogP contribution >= 0.6 is 12.4 Å². The van der Waals surface area contributed by atoms with Gasteiger partial charge in [-0.3, -0.25) is 0 Å². The molecule has 0 spiro atoms. The highest BCUT2D eigenvalue weighted by Crippen LogP contribution is 2.18.